The van der Waals surface area contributed by atoms with Gasteiger partial charge in [-0.2, -0.15) is 0 Å². The van der Waals surface area contributed by atoms with E-state index in [4.69, 9.17) is 14.4 Å². The molecule has 0 amide bonds. The van der Waals surface area contributed by atoms with Crippen LogP contribution < -0.4 is 0 Å². The van der Waals surface area contributed by atoms with E-state index in [0.29, 0.717) is 5.95 Å². The summed E-state index contributed by atoms with van der Waals surface area (Å²) in [6.07, 6.45) is 0. The summed E-state index contributed by atoms with van der Waals surface area (Å²) in [6.45, 7) is 0. The van der Waals surface area contributed by atoms with E-state index in [0.717, 1.165) is 99.0 Å². The molecule has 0 radical (unpaired) electrons. The Balaban J connectivity index is 1.17. The molecule has 0 saturated heterocycles. The zero-order valence-electron chi connectivity index (χ0n) is 31.7. The van der Waals surface area contributed by atoms with E-state index < -0.39 is 0 Å². The lowest BCUT2D eigenvalue weighted by molar-refractivity contribution is 0.671. The molecular formula is C54H32N4O. The van der Waals surface area contributed by atoms with Crippen molar-refractivity contribution in [3.8, 4) is 34.0 Å². The Morgan fingerprint density at radius 3 is 1.83 bits per heavy atom. The third-order valence-electron chi connectivity index (χ3n) is 12.1. The summed E-state index contributed by atoms with van der Waals surface area (Å²) in [5.74, 6) is 0.619. The number of aromatic nitrogens is 4. The molecule has 59 heavy (non-hydrogen) atoms. The molecule has 0 bridgehead atoms. The van der Waals surface area contributed by atoms with E-state index in [2.05, 4.69) is 197 Å². The van der Waals surface area contributed by atoms with Gasteiger partial charge in [0.25, 0.3) is 0 Å². The molecule has 0 atom stereocenters. The van der Waals surface area contributed by atoms with Crippen molar-refractivity contribution in [1.29, 1.82) is 0 Å². The molecule has 274 valence electrons. The van der Waals surface area contributed by atoms with Crippen LogP contribution >= 0.6 is 0 Å². The van der Waals surface area contributed by atoms with Crippen LogP contribution in [0.3, 0.4) is 0 Å². The van der Waals surface area contributed by atoms with Crippen molar-refractivity contribution in [2.45, 2.75) is 0 Å². The zero-order chi connectivity index (χ0) is 38.6. The van der Waals surface area contributed by atoms with Gasteiger partial charge in [-0.15, -0.1) is 0 Å². The van der Waals surface area contributed by atoms with E-state index >= 15 is 0 Å². The van der Waals surface area contributed by atoms with Gasteiger partial charge in [-0.3, -0.25) is 4.57 Å². The fourth-order valence-corrected chi connectivity index (χ4v) is 9.43. The largest absolute Gasteiger partial charge is 0.454 e. The van der Waals surface area contributed by atoms with Gasteiger partial charge in [0.2, 0.25) is 5.95 Å². The molecule has 13 rings (SSSR count). The second-order valence-corrected chi connectivity index (χ2v) is 15.3. The third kappa shape index (κ3) is 4.67. The molecule has 0 aliphatic carbocycles. The summed E-state index contributed by atoms with van der Waals surface area (Å²) in [6, 6.07) is 68.9. The Bertz CT molecular complexity index is 3830. The number of rotatable bonds is 4. The standard InChI is InChI=1S/C54H32N4O/c1-2-12-33(13-3-1)35-22-24-36(25-23-35)49-45-18-6-9-19-46(45)55-54(56-49)58-47-20-10-7-16-39(47)41-28-29-42-43-30-31-44-40-17-8-11-21-48(40)59-53(44)52(43)57(50(42)51(41)58)38-27-26-34-14-4-5-15-37(34)32-38/h1-32H. The van der Waals surface area contributed by atoms with Crippen molar-refractivity contribution in [3.63, 3.8) is 0 Å². The Kier molecular flexibility index (Phi) is 6.66. The van der Waals surface area contributed by atoms with Gasteiger partial charge in [-0.25, -0.2) is 9.97 Å². The normalized spacial score (nSPS) is 12.1. The average Bonchev–Trinajstić information content (AvgIpc) is 3.97. The number of hydrogen-bond donors (Lipinski definition) is 0. The minimum atomic E-state index is 0.619. The molecule has 0 saturated carbocycles. The van der Waals surface area contributed by atoms with Crippen molar-refractivity contribution >= 4 is 87.2 Å². The number of furan rings is 1. The fourth-order valence-electron chi connectivity index (χ4n) is 9.43. The lowest BCUT2D eigenvalue weighted by atomic mass is 10.0. The van der Waals surface area contributed by atoms with Gasteiger partial charge in [0.15, 0.2) is 5.58 Å². The lowest BCUT2D eigenvalue weighted by Gasteiger charge is -2.14. The molecule has 0 N–H and O–H groups in total. The molecule has 4 heterocycles. The summed E-state index contributed by atoms with van der Waals surface area (Å²) >= 11 is 0. The predicted octanol–water partition coefficient (Wildman–Crippen LogP) is 14.2. The molecule has 5 nitrogen and oxygen atoms in total. The second-order valence-electron chi connectivity index (χ2n) is 15.3. The third-order valence-corrected chi connectivity index (χ3v) is 12.1. The van der Waals surface area contributed by atoms with Gasteiger partial charge in [0.1, 0.15) is 5.58 Å². The molecule has 9 aromatic carbocycles. The van der Waals surface area contributed by atoms with Crippen molar-refractivity contribution in [2.24, 2.45) is 0 Å². The van der Waals surface area contributed by atoms with Crippen LogP contribution in [0.4, 0.5) is 0 Å². The SMILES string of the molecule is c1ccc(-c2ccc(-c3nc(-n4c5ccccc5c5ccc6c7ccc8c9ccccc9oc8c7n(-c7ccc8ccccc8c7)c6c54)nc4ccccc34)cc2)cc1. The van der Waals surface area contributed by atoms with Crippen LogP contribution in [0.5, 0.6) is 0 Å². The summed E-state index contributed by atoms with van der Waals surface area (Å²) < 4.78 is 11.5. The molecule has 5 heteroatoms. The van der Waals surface area contributed by atoms with Crippen LogP contribution in [0.1, 0.15) is 0 Å². The van der Waals surface area contributed by atoms with Crippen LogP contribution in [-0.4, -0.2) is 19.1 Å². The number of fused-ring (bicyclic) bond motifs is 13. The first-order valence-corrected chi connectivity index (χ1v) is 20.0. The Hall–Kier alpha value is -8.02. The molecule has 0 aliphatic heterocycles. The molecule has 0 aliphatic rings. The molecule has 13 aromatic rings. The minimum Gasteiger partial charge on any atom is -0.454 e. The van der Waals surface area contributed by atoms with Crippen LogP contribution in [0, 0.1) is 0 Å². The predicted molar refractivity (Wildman–Crippen MR) is 244 cm³/mol. The van der Waals surface area contributed by atoms with Crippen LogP contribution in [-0.2, 0) is 0 Å². The summed E-state index contributed by atoms with van der Waals surface area (Å²) in [5.41, 5.74) is 12.1. The number of para-hydroxylation sites is 3. The van der Waals surface area contributed by atoms with E-state index in [-0.39, 0.29) is 0 Å². The molecule has 0 fully saturated rings. The highest BCUT2D eigenvalue weighted by Gasteiger charge is 2.25. The van der Waals surface area contributed by atoms with Crippen LogP contribution in [0.15, 0.2) is 199 Å². The van der Waals surface area contributed by atoms with E-state index in [1.165, 1.54) is 16.3 Å². The van der Waals surface area contributed by atoms with E-state index in [9.17, 15) is 0 Å². The summed E-state index contributed by atoms with van der Waals surface area (Å²) in [5, 5.41) is 10.1. The zero-order valence-corrected chi connectivity index (χ0v) is 31.7. The number of hydrogen-bond acceptors (Lipinski definition) is 3. The summed E-state index contributed by atoms with van der Waals surface area (Å²) in [7, 11) is 0. The Labute approximate surface area is 337 Å². The second kappa shape index (κ2) is 12.2. The lowest BCUT2D eigenvalue weighted by Crippen LogP contribution is -2.05. The summed E-state index contributed by atoms with van der Waals surface area (Å²) in [4.78, 5) is 10.9. The van der Waals surface area contributed by atoms with Crippen LogP contribution in [0.2, 0.25) is 0 Å². The highest BCUT2D eigenvalue weighted by Crippen LogP contribution is 2.45. The van der Waals surface area contributed by atoms with Gasteiger partial charge in [-0.1, -0.05) is 158 Å². The maximum absolute atomic E-state index is 6.83. The number of benzene rings is 9. The Morgan fingerprint density at radius 2 is 0.983 bits per heavy atom. The minimum absolute atomic E-state index is 0.619. The quantitative estimate of drug-likeness (QED) is 0.180. The molecule has 0 spiro atoms. The van der Waals surface area contributed by atoms with Gasteiger partial charge in [-0.05, 0) is 58.3 Å². The van der Waals surface area contributed by atoms with Crippen LogP contribution in [0.25, 0.3) is 121 Å². The number of nitrogens with zero attached hydrogens (tertiary/aromatic N) is 4. The monoisotopic (exact) mass is 752 g/mol. The van der Waals surface area contributed by atoms with Crippen molar-refractivity contribution in [3.05, 3.63) is 194 Å². The maximum atomic E-state index is 6.83. The van der Waals surface area contributed by atoms with Crippen molar-refractivity contribution in [2.75, 3.05) is 0 Å². The van der Waals surface area contributed by atoms with E-state index in [1.54, 1.807) is 0 Å². The van der Waals surface area contributed by atoms with Crippen molar-refractivity contribution < 1.29 is 4.42 Å². The van der Waals surface area contributed by atoms with Gasteiger partial charge < -0.3 is 8.98 Å². The van der Waals surface area contributed by atoms with E-state index in [1.807, 2.05) is 6.07 Å². The smallest absolute Gasteiger partial charge is 0.235 e. The van der Waals surface area contributed by atoms with Crippen molar-refractivity contribution in [1.82, 2.24) is 19.1 Å². The van der Waals surface area contributed by atoms with Gasteiger partial charge >= 0.3 is 0 Å². The van der Waals surface area contributed by atoms with Gasteiger partial charge in [0.05, 0.1) is 33.3 Å². The first kappa shape index (κ1) is 32.1. The molecular weight excluding hydrogens is 721 g/mol. The van der Waals surface area contributed by atoms with Gasteiger partial charge in [0, 0.05) is 49.0 Å². The first-order valence-electron chi connectivity index (χ1n) is 20.0. The average molecular weight is 753 g/mol. The fraction of sp³-hybridized carbons (Fsp3) is 0. The molecule has 4 aromatic heterocycles. The Morgan fingerprint density at radius 1 is 0.373 bits per heavy atom. The maximum Gasteiger partial charge on any atom is 0.235 e. The topological polar surface area (TPSA) is 48.8 Å². The first-order chi connectivity index (χ1) is 29.3. The molecule has 0 unspecified atom stereocenters. The highest BCUT2D eigenvalue weighted by molar-refractivity contribution is 6.28. The highest BCUT2D eigenvalue weighted by atomic mass is 16.3.